The van der Waals surface area contributed by atoms with Crippen molar-refractivity contribution < 1.29 is 0 Å². The Hall–Kier alpha value is -0.920. The van der Waals surface area contributed by atoms with Gasteiger partial charge in [-0.25, -0.2) is 0 Å². The van der Waals surface area contributed by atoms with Crippen LogP contribution in [-0.2, 0) is 0 Å². The minimum Gasteiger partial charge on any atom is -0.163 e. The molecule has 0 N–H and O–H groups in total. The first-order valence-corrected chi connectivity index (χ1v) is 2.61. The van der Waals surface area contributed by atoms with Crippen molar-refractivity contribution in [2.24, 2.45) is 10.2 Å². The predicted octanol–water partition coefficient (Wildman–Crippen LogP) is 1.39. The first-order valence-electron chi connectivity index (χ1n) is 2.61. The van der Waals surface area contributed by atoms with Gasteiger partial charge in [0.15, 0.2) is 0 Å². The second kappa shape index (κ2) is 2.40. The lowest BCUT2D eigenvalue weighted by Gasteiger charge is -1.80. The summed E-state index contributed by atoms with van der Waals surface area (Å²) >= 11 is 0. The molecule has 0 saturated carbocycles. The van der Waals surface area contributed by atoms with Gasteiger partial charge in [0, 0.05) is 12.6 Å². The van der Waals surface area contributed by atoms with Gasteiger partial charge in [-0.2, -0.15) is 10.2 Å². The van der Waals surface area contributed by atoms with Crippen LogP contribution < -0.4 is 0 Å². The van der Waals surface area contributed by atoms with Gasteiger partial charge >= 0.3 is 0 Å². The summed E-state index contributed by atoms with van der Waals surface area (Å²) < 4.78 is 0. The molecule has 0 amide bonds. The lowest BCUT2D eigenvalue weighted by molar-refractivity contribution is 1.26. The molecule has 0 radical (unpaired) electrons. The largest absolute Gasteiger partial charge is 0.163 e. The number of hydrogen-bond acceptors (Lipinski definition) is 2. The molecule has 0 unspecified atom stereocenters. The van der Waals surface area contributed by atoms with E-state index in [1.165, 1.54) is 5.57 Å². The Kier molecular flexibility index (Phi) is 1.57. The molecule has 0 fully saturated rings. The summed E-state index contributed by atoms with van der Waals surface area (Å²) in [6, 6.07) is 0. The maximum Gasteiger partial charge on any atom is 0.0521 e. The third-order valence-electron chi connectivity index (χ3n) is 0.955. The van der Waals surface area contributed by atoms with Crippen LogP contribution >= 0.6 is 0 Å². The zero-order valence-electron chi connectivity index (χ0n) is 4.83. The summed E-state index contributed by atoms with van der Waals surface area (Å²) in [4.78, 5) is 0. The first kappa shape index (κ1) is 5.22. The molecule has 0 aromatic rings. The van der Waals surface area contributed by atoms with Gasteiger partial charge in [-0.3, -0.25) is 0 Å². The van der Waals surface area contributed by atoms with E-state index in [2.05, 4.69) is 16.3 Å². The monoisotopic (exact) mass is 108 g/mol. The van der Waals surface area contributed by atoms with Crippen LogP contribution in [0.5, 0.6) is 0 Å². The summed E-state index contributed by atoms with van der Waals surface area (Å²) in [6.45, 7) is 2.01. The van der Waals surface area contributed by atoms with Crippen LogP contribution in [0.25, 0.3) is 0 Å². The Bertz CT molecular complexity index is 151. The second-order valence-corrected chi connectivity index (χ2v) is 1.73. The summed E-state index contributed by atoms with van der Waals surface area (Å²) in [5.74, 6) is 0. The fourth-order valence-electron chi connectivity index (χ4n) is 0.510. The van der Waals surface area contributed by atoms with Crippen molar-refractivity contribution in [2.45, 2.75) is 13.3 Å². The Balaban J connectivity index is 2.69. The normalized spacial score (nSPS) is 17.9. The highest BCUT2D eigenvalue weighted by Crippen LogP contribution is 1.93. The van der Waals surface area contributed by atoms with E-state index in [0.717, 1.165) is 6.42 Å². The standard InChI is InChI=1S/C6H8N2/c1-6-3-2-4-7-8-5-6/h3-5H,2H2,1H3. The van der Waals surface area contributed by atoms with Crippen LogP contribution in [0.15, 0.2) is 21.9 Å². The van der Waals surface area contributed by atoms with Gasteiger partial charge in [0.2, 0.25) is 0 Å². The van der Waals surface area contributed by atoms with Crippen molar-refractivity contribution in [2.75, 3.05) is 0 Å². The summed E-state index contributed by atoms with van der Waals surface area (Å²) in [5.41, 5.74) is 1.18. The SMILES string of the molecule is CC1=CCC=NN=C1. The van der Waals surface area contributed by atoms with Gasteiger partial charge in [0.1, 0.15) is 0 Å². The molecule has 0 aromatic carbocycles. The third kappa shape index (κ3) is 1.30. The molecule has 0 bridgehead atoms. The van der Waals surface area contributed by atoms with Crippen molar-refractivity contribution in [1.29, 1.82) is 0 Å². The van der Waals surface area contributed by atoms with E-state index < -0.39 is 0 Å². The molecule has 1 aliphatic heterocycles. The maximum absolute atomic E-state index is 3.73. The third-order valence-corrected chi connectivity index (χ3v) is 0.955. The smallest absolute Gasteiger partial charge is 0.0521 e. The molecule has 1 aliphatic rings. The van der Waals surface area contributed by atoms with Crippen LogP contribution in [0.4, 0.5) is 0 Å². The van der Waals surface area contributed by atoms with E-state index in [0.29, 0.717) is 0 Å². The fourth-order valence-corrected chi connectivity index (χ4v) is 0.510. The molecule has 0 aromatic heterocycles. The summed E-state index contributed by atoms with van der Waals surface area (Å²) in [7, 11) is 0. The van der Waals surface area contributed by atoms with E-state index in [1.807, 2.05) is 6.92 Å². The van der Waals surface area contributed by atoms with Crippen molar-refractivity contribution in [1.82, 2.24) is 0 Å². The van der Waals surface area contributed by atoms with E-state index >= 15 is 0 Å². The molecular weight excluding hydrogens is 100 g/mol. The van der Waals surface area contributed by atoms with Crippen molar-refractivity contribution in [3.63, 3.8) is 0 Å². The van der Waals surface area contributed by atoms with Crippen molar-refractivity contribution in [3.8, 4) is 0 Å². The molecule has 2 heteroatoms. The second-order valence-electron chi connectivity index (χ2n) is 1.73. The van der Waals surface area contributed by atoms with E-state index in [4.69, 9.17) is 0 Å². The minimum atomic E-state index is 0.909. The highest BCUT2D eigenvalue weighted by Gasteiger charge is 1.83. The quantitative estimate of drug-likeness (QED) is 0.448. The van der Waals surface area contributed by atoms with Gasteiger partial charge in [0.25, 0.3) is 0 Å². The van der Waals surface area contributed by atoms with E-state index in [9.17, 15) is 0 Å². The number of allylic oxidation sites excluding steroid dienone is 2. The maximum atomic E-state index is 3.73. The number of nitrogens with zero attached hydrogens (tertiary/aromatic N) is 2. The highest BCUT2D eigenvalue weighted by atomic mass is 15.2. The van der Waals surface area contributed by atoms with Gasteiger partial charge in [-0.05, 0) is 12.5 Å². The Morgan fingerprint density at radius 3 is 3.25 bits per heavy atom. The lowest BCUT2D eigenvalue weighted by atomic mass is 10.3. The summed E-state index contributed by atoms with van der Waals surface area (Å²) in [5, 5.41) is 7.44. The molecule has 0 aliphatic carbocycles. The highest BCUT2D eigenvalue weighted by molar-refractivity contribution is 5.80. The molecule has 0 atom stereocenters. The molecule has 0 spiro atoms. The minimum absolute atomic E-state index is 0.909. The van der Waals surface area contributed by atoms with E-state index in [1.54, 1.807) is 12.4 Å². The van der Waals surface area contributed by atoms with Gasteiger partial charge < -0.3 is 0 Å². The molecule has 42 valence electrons. The van der Waals surface area contributed by atoms with Crippen molar-refractivity contribution in [3.05, 3.63) is 11.6 Å². The topological polar surface area (TPSA) is 24.7 Å². The summed E-state index contributed by atoms with van der Waals surface area (Å²) in [6.07, 6.45) is 6.53. The molecule has 1 heterocycles. The molecule has 0 saturated heterocycles. The molecule has 2 nitrogen and oxygen atoms in total. The average Bonchev–Trinajstić information content (AvgIpc) is 1.94. The van der Waals surface area contributed by atoms with Crippen LogP contribution in [0.2, 0.25) is 0 Å². The zero-order chi connectivity index (χ0) is 5.82. The zero-order valence-corrected chi connectivity index (χ0v) is 4.83. The predicted molar refractivity (Wildman–Crippen MR) is 35.4 cm³/mol. The van der Waals surface area contributed by atoms with Crippen molar-refractivity contribution >= 4 is 12.4 Å². The number of rotatable bonds is 0. The van der Waals surface area contributed by atoms with Crippen LogP contribution in [0.1, 0.15) is 13.3 Å². The number of hydrogen-bond donors (Lipinski definition) is 0. The van der Waals surface area contributed by atoms with Gasteiger partial charge in [-0.1, -0.05) is 6.08 Å². The Labute approximate surface area is 48.6 Å². The Morgan fingerprint density at radius 1 is 1.50 bits per heavy atom. The van der Waals surface area contributed by atoms with Crippen LogP contribution in [-0.4, -0.2) is 12.4 Å². The first-order chi connectivity index (χ1) is 3.89. The Morgan fingerprint density at radius 2 is 2.38 bits per heavy atom. The molecule has 8 heavy (non-hydrogen) atoms. The fraction of sp³-hybridized carbons (Fsp3) is 0.333. The molecule has 1 rings (SSSR count). The van der Waals surface area contributed by atoms with E-state index in [-0.39, 0.29) is 0 Å². The average molecular weight is 108 g/mol. The van der Waals surface area contributed by atoms with Crippen LogP contribution in [0, 0.1) is 0 Å². The van der Waals surface area contributed by atoms with Gasteiger partial charge in [-0.15, -0.1) is 0 Å². The van der Waals surface area contributed by atoms with Crippen LogP contribution in [0.3, 0.4) is 0 Å². The lowest BCUT2D eigenvalue weighted by Crippen LogP contribution is -1.72. The molecular formula is C6H8N2. The van der Waals surface area contributed by atoms with Gasteiger partial charge in [0.05, 0.1) is 6.21 Å².